The van der Waals surface area contributed by atoms with Crippen LogP contribution in [-0.4, -0.2) is 36.1 Å². The summed E-state index contributed by atoms with van der Waals surface area (Å²) in [6.45, 7) is 5.56. The first-order valence-corrected chi connectivity index (χ1v) is 6.41. The average molecular weight is 258 g/mol. The Balaban J connectivity index is 2.05. The SMILES string of the molecule is CC1CN(C(=O)Nc2cccc(C#N)c2)C(C)CN1. The van der Waals surface area contributed by atoms with Crippen molar-refractivity contribution in [3.8, 4) is 6.07 Å². The first kappa shape index (κ1) is 13.4. The Hall–Kier alpha value is -2.06. The van der Waals surface area contributed by atoms with E-state index in [1.165, 1.54) is 0 Å². The maximum absolute atomic E-state index is 12.2. The molecule has 5 heteroatoms. The van der Waals surface area contributed by atoms with Crippen LogP contribution in [-0.2, 0) is 0 Å². The molecule has 1 aromatic carbocycles. The molecular weight excluding hydrogens is 240 g/mol. The monoisotopic (exact) mass is 258 g/mol. The highest BCUT2D eigenvalue weighted by Gasteiger charge is 2.26. The maximum atomic E-state index is 12.2. The molecule has 0 aliphatic carbocycles. The lowest BCUT2D eigenvalue weighted by molar-refractivity contribution is 0.162. The van der Waals surface area contributed by atoms with Gasteiger partial charge in [0.1, 0.15) is 0 Å². The van der Waals surface area contributed by atoms with Gasteiger partial charge in [-0.25, -0.2) is 4.79 Å². The second-order valence-electron chi connectivity index (χ2n) is 4.93. The number of nitrogens with one attached hydrogen (secondary N) is 2. The number of nitrogens with zero attached hydrogens (tertiary/aromatic N) is 2. The zero-order valence-corrected chi connectivity index (χ0v) is 11.2. The Bertz CT molecular complexity index is 508. The lowest BCUT2D eigenvalue weighted by Gasteiger charge is -2.37. The molecule has 1 aliphatic heterocycles. The summed E-state index contributed by atoms with van der Waals surface area (Å²) in [6, 6.07) is 9.34. The van der Waals surface area contributed by atoms with Gasteiger partial charge in [-0.3, -0.25) is 0 Å². The highest BCUT2D eigenvalue weighted by molar-refractivity contribution is 5.89. The number of urea groups is 1. The zero-order valence-electron chi connectivity index (χ0n) is 11.2. The molecule has 2 N–H and O–H groups in total. The summed E-state index contributed by atoms with van der Waals surface area (Å²) in [5.41, 5.74) is 1.20. The molecule has 1 aliphatic rings. The Labute approximate surface area is 113 Å². The Kier molecular flexibility index (Phi) is 4.03. The topological polar surface area (TPSA) is 68.2 Å². The van der Waals surface area contributed by atoms with E-state index in [1.54, 1.807) is 24.3 Å². The van der Waals surface area contributed by atoms with Crippen molar-refractivity contribution in [1.29, 1.82) is 5.26 Å². The number of amides is 2. The molecule has 1 saturated heterocycles. The minimum absolute atomic E-state index is 0.115. The number of piperazine rings is 1. The van der Waals surface area contributed by atoms with Gasteiger partial charge in [0.05, 0.1) is 11.6 Å². The van der Waals surface area contributed by atoms with Crippen molar-refractivity contribution in [3.05, 3.63) is 29.8 Å². The highest BCUT2D eigenvalue weighted by atomic mass is 16.2. The predicted molar refractivity (Wildman–Crippen MR) is 73.8 cm³/mol. The first-order valence-electron chi connectivity index (χ1n) is 6.41. The van der Waals surface area contributed by atoms with Gasteiger partial charge in [-0.1, -0.05) is 6.07 Å². The largest absolute Gasteiger partial charge is 0.322 e. The number of hydrogen-bond acceptors (Lipinski definition) is 3. The van der Waals surface area contributed by atoms with E-state index in [2.05, 4.69) is 23.6 Å². The third-order valence-corrected chi connectivity index (χ3v) is 3.27. The zero-order chi connectivity index (χ0) is 13.8. The van der Waals surface area contributed by atoms with Crippen LogP contribution < -0.4 is 10.6 Å². The maximum Gasteiger partial charge on any atom is 0.322 e. The van der Waals surface area contributed by atoms with Crippen molar-refractivity contribution < 1.29 is 4.79 Å². The molecule has 1 aromatic rings. The molecule has 2 unspecified atom stereocenters. The third kappa shape index (κ3) is 3.24. The van der Waals surface area contributed by atoms with Gasteiger partial charge >= 0.3 is 6.03 Å². The van der Waals surface area contributed by atoms with Crippen molar-refractivity contribution in [1.82, 2.24) is 10.2 Å². The number of benzene rings is 1. The van der Waals surface area contributed by atoms with E-state index in [1.807, 2.05) is 11.8 Å². The number of nitriles is 1. The molecule has 0 saturated carbocycles. The molecule has 0 spiro atoms. The van der Waals surface area contributed by atoms with Crippen LogP contribution in [0.5, 0.6) is 0 Å². The number of carbonyl (C=O) groups is 1. The van der Waals surface area contributed by atoms with E-state index in [0.29, 0.717) is 23.8 Å². The Morgan fingerprint density at radius 2 is 2.32 bits per heavy atom. The molecular formula is C14H18N4O. The molecule has 0 bridgehead atoms. The number of anilines is 1. The summed E-state index contributed by atoms with van der Waals surface area (Å²) in [7, 11) is 0. The van der Waals surface area contributed by atoms with Gasteiger partial charge in [0.15, 0.2) is 0 Å². The van der Waals surface area contributed by atoms with Gasteiger partial charge in [0.2, 0.25) is 0 Å². The summed E-state index contributed by atoms with van der Waals surface area (Å²) < 4.78 is 0. The minimum Gasteiger partial charge on any atom is -0.319 e. The fourth-order valence-corrected chi connectivity index (χ4v) is 2.17. The van der Waals surface area contributed by atoms with Gasteiger partial charge in [0, 0.05) is 30.9 Å². The van der Waals surface area contributed by atoms with E-state index in [-0.39, 0.29) is 12.1 Å². The quantitative estimate of drug-likeness (QED) is 0.806. The van der Waals surface area contributed by atoms with E-state index in [0.717, 1.165) is 6.54 Å². The third-order valence-electron chi connectivity index (χ3n) is 3.27. The molecule has 0 aromatic heterocycles. The predicted octanol–water partition coefficient (Wildman–Crippen LogP) is 1.77. The summed E-state index contributed by atoms with van der Waals surface area (Å²) >= 11 is 0. The van der Waals surface area contributed by atoms with Gasteiger partial charge in [-0.15, -0.1) is 0 Å². The number of hydrogen-bond donors (Lipinski definition) is 2. The fraction of sp³-hybridized carbons (Fsp3) is 0.429. The summed E-state index contributed by atoms with van der Waals surface area (Å²) in [5, 5.41) is 15.0. The van der Waals surface area contributed by atoms with Crippen molar-refractivity contribution >= 4 is 11.7 Å². The fourth-order valence-electron chi connectivity index (χ4n) is 2.17. The van der Waals surface area contributed by atoms with Crippen LogP contribution in [0.15, 0.2) is 24.3 Å². The summed E-state index contributed by atoms with van der Waals surface area (Å²) in [5.74, 6) is 0. The molecule has 1 heterocycles. The molecule has 100 valence electrons. The number of rotatable bonds is 1. The standard InChI is InChI=1S/C14H18N4O/c1-10-9-18(11(2)8-16-10)14(19)17-13-5-3-4-12(6-13)7-15/h3-6,10-11,16H,8-9H2,1-2H3,(H,17,19). The Morgan fingerprint density at radius 3 is 3.05 bits per heavy atom. The van der Waals surface area contributed by atoms with Gasteiger partial charge in [-0.05, 0) is 32.0 Å². The van der Waals surface area contributed by atoms with Gasteiger partial charge < -0.3 is 15.5 Å². The second-order valence-corrected chi connectivity index (χ2v) is 4.93. The van der Waals surface area contributed by atoms with Gasteiger partial charge in [0.25, 0.3) is 0 Å². The molecule has 5 nitrogen and oxygen atoms in total. The summed E-state index contributed by atoms with van der Waals surface area (Å²) in [4.78, 5) is 14.0. The van der Waals surface area contributed by atoms with E-state index in [4.69, 9.17) is 5.26 Å². The lowest BCUT2D eigenvalue weighted by atomic mass is 10.1. The Morgan fingerprint density at radius 1 is 1.53 bits per heavy atom. The van der Waals surface area contributed by atoms with E-state index < -0.39 is 0 Å². The molecule has 2 atom stereocenters. The van der Waals surface area contributed by atoms with Crippen LogP contribution in [0.4, 0.5) is 10.5 Å². The van der Waals surface area contributed by atoms with Crippen molar-refractivity contribution in [2.45, 2.75) is 25.9 Å². The first-order chi connectivity index (χ1) is 9.10. The van der Waals surface area contributed by atoms with Crippen LogP contribution in [0.3, 0.4) is 0 Å². The van der Waals surface area contributed by atoms with Crippen LogP contribution in [0.25, 0.3) is 0 Å². The van der Waals surface area contributed by atoms with Crippen LogP contribution in [0.2, 0.25) is 0 Å². The van der Waals surface area contributed by atoms with E-state index in [9.17, 15) is 4.79 Å². The lowest BCUT2D eigenvalue weighted by Crippen LogP contribution is -2.57. The molecule has 2 amide bonds. The second kappa shape index (κ2) is 5.72. The number of carbonyl (C=O) groups excluding carboxylic acids is 1. The van der Waals surface area contributed by atoms with Crippen LogP contribution >= 0.6 is 0 Å². The molecule has 1 fully saturated rings. The highest BCUT2D eigenvalue weighted by Crippen LogP contribution is 2.13. The van der Waals surface area contributed by atoms with Crippen molar-refractivity contribution in [3.63, 3.8) is 0 Å². The van der Waals surface area contributed by atoms with Crippen molar-refractivity contribution in [2.24, 2.45) is 0 Å². The molecule has 19 heavy (non-hydrogen) atoms. The smallest absolute Gasteiger partial charge is 0.319 e. The van der Waals surface area contributed by atoms with Crippen LogP contribution in [0, 0.1) is 11.3 Å². The van der Waals surface area contributed by atoms with Gasteiger partial charge in [-0.2, -0.15) is 5.26 Å². The minimum atomic E-state index is -0.115. The molecule has 0 radical (unpaired) electrons. The van der Waals surface area contributed by atoms with E-state index >= 15 is 0 Å². The van der Waals surface area contributed by atoms with Crippen molar-refractivity contribution in [2.75, 3.05) is 18.4 Å². The average Bonchev–Trinajstić information content (AvgIpc) is 2.41. The summed E-state index contributed by atoms with van der Waals surface area (Å²) in [6.07, 6.45) is 0. The molecule has 2 rings (SSSR count). The normalized spacial score (nSPS) is 22.7. The van der Waals surface area contributed by atoms with Crippen LogP contribution in [0.1, 0.15) is 19.4 Å².